The highest BCUT2D eigenvalue weighted by atomic mass is 35.5. The van der Waals surface area contributed by atoms with Gasteiger partial charge in [0.25, 0.3) is 0 Å². The van der Waals surface area contributed by atoms with Crippen LogP contribution in [0.5, 0.6) is 17.2 Å². The molecular weight excluding hydrogens is 593 g/mol. The van der Waals surface area contributed by atoms with Crippen molar-refractivity contribution in [2.24, 2.45) is 5.92 Å². The van der Waals surface area contributed by atoms with Crippen molar-refractivity contribution in [1.82, 2.24) is 10.3 Å². The fourth-order valence-corrected chi connectivity index (χ4v) is 4.80. The molecule has 0 radical (unpaired) electrons. The van der Waals surface area contributed by atoms with Crippen LogP contribution in [-0.4, -0.2) is 50.7 Å². The summed E-state index contributed by atoms with van der Waals surface area (Å²) in [5.41, 5.74) is 1.63. The van der Waals surface area contributed by atoms with Crippen LogP contribution in [-0.2, 0) is 22.4 Å². The molecule has 0 bridgehead atoms. The van der Waals surface area contributed by atoms with E-state index in [0.717, 1.165) is 12.8 Å². The maximum atomic E-state index is 13.5. The van der Waals surface area contributed by atoms with Gasteiger partial charge < -0.3 is 24.3 Å². The molecule has 0 aliphatic heterocycles. The molecule has 4 rings (SSSR count). The molecule has 1 heterocycles. The Morgan fingerprint density at radius 2 is 1.76 bits per heavy atom. The van der Waals surface area contributed by atoms with Gasteiger partial charge in [-0.2, -0.15) is 8.78 Å². The van der Waals surface area contributed by atoms with E-state index in [4.69, 9.17) is 37.4 Å². The molecule has 1 saturated carbocycles. The van der Waals surface area contributed by atoms with E-state index in [2.05, 4.69) is 15.0 Å². The maximum Gasteiger partial charge on any atom is 0.387 e. The van der Waals surface area contributed by atoms with Gasteiger partial charge in [-0.05, 0) is 67.3 Å². The minimum atomic E-state index is -3.05. The van der Waals surface area contributed by atoms with Crippen molar-refractivity contribution in [2.75, 3.05) is 27.3 Å². The zero-order valence-electron chi connectivity index (χ0n) is 23.0. The molecule has 3 aromatic rings. The standard InChI is InChI=1S/C30H30Cl2F2N2O6/c1-35-13-21(37)10-20-9-19(6-7-25(20)39-2)29(38)41-27(12-22-23(31)14-36-15-24(22)32)18-5-8-26(42-30(33)34)28(11-18)40-16-17-3-4-17/h5-9,11,14-15,17,27,30,35H,3-4,10,12-13,16H2,1-2H3/t27-/m0/s1. The summed E-state index contributed by atoms with van der Waals surface area (Å²) in [6.45, 7) is -2.55. The Balaban J connectivity index is 1.68. The number of alkyl halides is 2. The fourth-order valence-electron chi connectivity index (χ4n) is 4.28. The number of nitrogens with one attached hydrogen (secondary N) is 1. The van der Waals surface area contributed by atoms with Gasteiger partial charge in [-0.15, -0.1) is 0 Å². The highest BCUT2D eigenvalue weighted by molar-refractivity contribution is 6.35. The molecule has 12 heteroatoms. The van der Waals surface area contributed by atoms with Gasteiger partial charge in [-0.25, -0.2) is 4.79 Å². The SMILES string of the molecule is CNCC(=O)Cc1cc(C(=O)O[C@@H](Cc2c(Cl)cncc2Cl)c2ccc(OC(F)F)c(OCC3CC3)c2)ccc1OC. The normalized spacial score (nSPS) is 13.5. The lowest BCUT2D eigenvalue weighted by Crippen LogP contribution is -2.20. The molecule has 1 aromatic heterocycles. The number of halogens is 4. The number of hydrogen-bond donors (Lipinski definition) is 1. The molecule has 0 amide bonds. The highest BCUT2D eigenvalue weighted by Crippen LogP contribution is 2.38. The van der Waals surface area contributed by atoms with Crippen molar-refractivity contribution in [1.29, 1.82) is 0 Å². The van der Waals surface area contributed by atoms with E-state index in [0.29, 0.717) is 35.0 Å². The second-order valence-corrected chi connectivity index (χ2v) is 10.6. The Hall–Kier alpha value is -3.47. The number of methoxy groups -OCH3 is 1. The molecule has 42 heavy (non-hydrogen) atoms. The molecule has 0 saturated heterocycles. The lowest BCUT2D eigenvalue weighted by molar-refractivity contribution is -0.117. The van der Waals surface area contributed by atoms with Crippen molar-refractivity contribution in [3.63, 3.8) is 0 Å². The second-order valence-electron chi connectivity index (χ2n) is 9.79. The minimum Gasteiger partial charge on any atom is -0.496 e. The Kier molecular flexibility index (Phi) is 11.0. The van der Waals surface area contributed by atoms with Gasteiger partial charge in [-0.1, -0.05) is 29.3 Å². The Labute approximate surface area is 252 Å². The number of nitrogens with zero attached hydrogens (tertiary/aromatic N) is 1. The Bertz CT molecular complexity index is 1400. The van der Waals surface area contributed by atoms with Crippen LogP contribution >= 0.6 is 23.2 Å². The van der Waals surface area contributed by atoms with Gasteiger partial charge in [0.15, 0.2) is 17.3 Å². The summed E-state index contributed by atoms with van der Waals surface area (Å²) < 4.78 is 48.0. The van der Waals surface area contributed by atoms with Gasteiger partial charge in [0.05, 0.1) is 35.9 Å². The third-order valence-corrected chi connectivity index (χ3v) is 7.25. The molecular formula is C30H30Cl2F2N2O6. The maximum absolute atomic E-state index is 13.5. The summed E-state index contributed by atoms with van der Waals surface area (Å²) in [7, 11) is 3.14. The first kappa shape index (κ1) is 31.5. The van der Waals surface area contributed by atoms with Crippen LogP contribution in [0.1, 0.15) is 46.0 Å². The number of ether oxygens (including phenoxy) is 4. The van der Waals surface area contributed by atoms with E-state index in [1.54, 1.807) is 19.2 Å². The first-order chi connectivity index (χ1) is 20.2. The van der Waals surface area contributed by atoms with Crippen LogP contribution in [0, 0.1) is 5.92 Å². The first-order valence-electron chi connectivity index (χ1n) is 13.2. The first-order valence-corrected chi connectivity index (χ1v) is 14.0. The molecule has 1 fully saturated rings. The van der Waals surface area contributed by atoms with Gasteiger partial charge in [0.1, 0.15) is 11.9 Å². The van der Waals surface area contributed by atoms with Gasteiger partial charge in [0.2, 0.25) is 0 Å². The molecule has 224 valence electrons. The number of esters is 1. The molecule has 1 atom stereocenters. The van der Waals surface area contributed by atoms with Crippen LogP contribution in [0.25, 0.3) is 0 Å². The van der Waals surface area contributed by atoms with E-state index in [1.165, 1.54) is 43.8 Å². The summed E-state index contributed by atoms with van der Waals surface area (Å²) in [5.74, 6) is -0.0195. The molecule has 1 aliphatic carbocycles. The van der Waals surface area contributed by atoms with Crippen molar-refractivity contribution in [2.45, 2.75) is 38.4 Å². The van der Waals surface area contributed by atoms with E-state index in [1.807, 2.05) is 0 Å². The molecule has 1 N–H and O–H groups in total. The van der Waals surface area contributed by atoms with Crippen LogP contribution in [0.3, 0.4) is 0 Å². The summed E-state index contributed by atoms with van der Waals surface area (Å²) in [5, 5.41) is 3.34. The number of likely N-dealkylation sites (N-methyl/N-ethyl adjacent to an activating group) is 1. The van der Waals surface area contributed by atoms with Gasteiger partial charge in [0, 0.05) is 30.8 Å². The number of aromatic nitrogens is 1. The van der Waals surface area contributed by atoms with Gasteiger partial charge >= 0.3 is 12.6 Å². The Morgan fingerprint density at radius 3 is 2.40 bits per heavy atom. The van der Waals surface area contributed by atoms with E-state index in [9.17, 15) is 18.4 Å². The quantitative estimate of drug-likeness (QED) is 0.198. The second kappa shape index (κ2) is 14.6. The molecule has 8 nitrogen and oxygen atoms in total. The topological polar surface area (TPSA) is 96.0 Å². The van der Waals surface area contributed by atoms with Crippen LogP contribution in [0.4, 0.5) is 8.78 Å². The smallest absolute Gasteiger partial charge is 0.387 e. The van der Waals surface area contributed by atoms with Crippen LogP contribution in [0.15, 0.2) is 48.8 Å². The van der Waals surface area contributed by atoms with Crippen molar-refractivity contribution < 1.29 is 37.3 Å². The summed E-state index contributed by atoms with van der Waals surface area (Å²) >= 11 is 12.8. The third-order valence-electron chi connectivity index (χ3n) is 6.60. The molecule has 0 unspecified atom stereocenters. The number of benzene rings is 2. The number of carbonyl (C=O) groups is 2. The monoisotopic (exact) mass is 622 g/mol. The van der Waals surface area contributed by atoms with E-state index < -0.39 is 18.7 Å². The molecule has 2 aromatic carbocycles. The molecule has 0 spiro atoms. The predicted molar refractivity (Wildman–Crippen MR) is 153 cm³/mol. The number of hydrogen-bond acceptors (Lipinski definition) is 8. The fraction of sp³-hybridized carbons (Fsp3) is 0.367. The van der Waals surface area contributed by atoms with Crippen molar-refractivity contribution in [3.05, 3.63) is 81.1 Å². The van der Waals surface area contributed by atoms with Crippen molar-refractivity contribution in [3.8, 4) is 17.2 Å². The van der Waals surface area contributed by atoms with Crippen LogP contribution < -0.4 is 19.5 Å². The van der Waals surface area contributed by atoms with Crippen LogP contribution in [0.2, 0.25) is 10.0 Å². The number of ketones is 1. The van der Waals surface area contributed by atoms with E-state index >= 15 is 0 Å². The third kappa shape index (κ3) is 8.53. The number of rotatable bonds is 15. The lowest BCUT2D eigenvalue weighted by Gasteiger charge is -2.22. The van der Waals surface area contributed by atoms with Crippen molar-refractivity contribution >= 4 is 35.0 Å². The minimum absolute atomic E-state index is 0.0457. The number of Topliss-reactive ketones (excluding diaryl/α,β-unsaturated/α-hetero) is 1. The summed E-state index contributed by atoms with van der Waals surface area (Å²) in [6.07, 6.45) is 3.96. The molecule has 1 aliphatic rings. The predicted octanol–water partition coefficient (Wildman–Crippen LogP) is 6.26. The Morgan fingerprint density at radius 1 is 1.05 bits per heavy atom. The van der Waals surface area contributed by atoms with E-state index in [-0.39, 0.29) is 52.3 Å². The zero-order chi connectivity index (χ0) is 30.2. The average molecular weight is 623 g/mol. The number of carbonyl (C=O) groups excluding carboxylic acids is 2. The zero-order valence-corrected chi connectivity index (χ0v) is 24.5. The lowest BCUT2D eigenvalue weighted by atomic mass is 10.0. The summed E-state index contributed by atoms with van der Waals surface area (Å²) in [4.78, 5) is 29.7. The highest BCUT2D eigenvalue weighted by Gasteiger charge is 2.26. The van der Waals surface area contributed by atoms with Gasteiger partial charge in [-0.3, -0.25) is 9.78 Å². The number of pyridine rings is 1. The summed E-state index contributed by atoms with van der Waals surface area (Å²) in [6, 6.07) is 9.03. The average Bonchev–Trinajstić information content (AvgIpc) is 3.78. The largest absolute Gasteiger partial charge is 0.496 e.